The van der Waals surface area contributed by atoms with E-state index in [0.29, 0.717) is 11.6 Å². The van der Waals surface area contributed by atoms with Crippen LogP contribution in [0.1, 0.15) is 42.5 Å². The van der Waals surface area contributed by atoms with Gasteiger partial charge in [-0.05, 0) is 56.4 Å². The topological polar surface area (TPSA) is 83.0 Å². The molecule has 2 aromatic heterocycles. The number of rotatable bonds is 5. The Kier molecular flexibility index (Phi) is 4.95. The lowest BCUT2D eigenvalue weighted by Gasteiger charge is -2.32. The number of anilines is 2. The molecule has 1 amide bonds. The van der Waals surface area contributed by atoms with Crippen LogP contribution in [0.2, 0.25) is 0 Å². The number of hydrogen-bond donors (Lipinski definition) is 2. The van der Waals surface area contributed by atoms with Gasteiger partial charge in [0.05, 0.1) is 0 Å². The fourth-order valence-corrected chi connectivity index (χ4v) is 3.40. The number of nitrogens with zero attached hydrogens (tertiary/aromatic N) is 4. The molecule has 7 heteroatoms. The molecular formula is C19H24N6O. The highest BCUT2D eigenvalue weighted by molar-refractivity contribution is 5.95. The summed E-state index contributed by atoms with van der Waals surface area (Å²) in [5.41, 5.74) is 0.665. The number of aromatic nitrogens is 3. The predicted octanol–water partition coefficient (Wildman–Crippen LogP) is 2.23. The van der Waals surface area contributed by atoms with Gasteiger partial charge in [0.25, 0.3) is 5.91 Å². The lowest BCUT2D eigenvalue weighted by atomic mass is 9.93. The first-order valence-corrected chi connectivity index (χ1v) is 9.34. The van der Waals surface area contributed by atoms with Crippen LogP contribution in [0.5, 0.6) is 0 Å². The Labute approximate surface area is 153 Å². The first-order valence-electron chi connectivity index (χ1n) is 9.34. The second-order valence-electron chi connectivity index (χ2n) is 7.02. The Morgan fingerprint density at radius 1 is 1.08 bits per heavy atom. The summed E-state index contributed by atoms with van der Waals surface area (Å²) >= 11 is 0. The highest BCUT2D eigenvalue weighted by Gasteiger charge is 2.22. The third-order valence-electron chi connectivity index (χ3n) is 5.19. The van der Waals surface area contributed by atoms with Gasteiger partial charge >= 0.3 is 0 Å². The minimum atomic E-state index is -0.0259. The molecule has 2 aromatic rings. The van der Waals surface area contributed by atoms with Gasteiger partial charge in [-0.25, -0.2) is 4.98 Å². The molecule has 0 radical (unpaired) electrons. The number of amides is 1. The summed E-state index contributed by atoms with van der Waals surface area (Å²) in [6.07, 6.45) is 8.82. The highest BCUT2D eigenvalue weighted by Crippen LogP contribution is 2.22. The van der Waals surface area contributed by atoms with Gasteiger partial charge in [0.1, 0.15) is 5.82 Å². The fourth-order valence-electron chi connectivity index (χ4n) is 3.40. The highest BCUT2D eigenvalue weighted by atomic mass is 16.1. The third-order valence-corrected chi connectivity index (χ3v) is 5.19. The first kappa shape index (κ1) is 16.8. The van der Waals surface area contributed by atoms with E-state index in [0.717, 1.165) is 37.6 Å². The van der Waals surface area contributed by atoms with Crippen LogP contribution in [-0.4, -0.2) is 46.3 Å². The second kappa shape index (κ2) is 7.68. The van der Waals surface area contributed by atoms with E-state index in [9.17, 15) is 4.79 Å². The molecule has 2 fully saturated rings. The van der Waals surface area contributed by atoms with Crippen LogP contribution < -0.4 is 15.5 Å². The maximum Gasteiger partial charge on any atom is 0.251 e. The van der Waals surface area contributed by atoms with E-state index >= 15 is 0 Å². The molecule has 1 aliphatic carbocycles. The summed E-state index contributed by atoms with van der Waals surface area (Å²) < 4.78 is 0. The zero-order valence-electron chi connectivity index (χ0n) is 14.8. The molecule has 0 unspecified atom stereocenters. The number of pyridine rings is 1. The molecule has 1 aliphatic heterocycles. The Morgan fingerprint density at radius 3 is 2.62 bits per heavy atom. The van der Waals surface area contributed by atoms with Crippen molar-refractivity contribution < 1.29 is 4.79 Å². The van der Waals surface area contributed by atoms with Crippen LogP contribution in [0.25, 0.3) is 0 Å². The summed E-state index contributed by atoms with van der Waals surface area (Å²) in [6, 6.07) is 8.19. The van der Waals surface area contributed by atoms with E-state index < -0.39 is 0 Å². The molecule has 1 saturated heterocycles. The van der Waals surface area contributed by atoms with Crippen molar-refractivity contribution in [2.75, 3.05) is 23.3 Å². The van der Waals surface area contributed by atoms with Gasteiger partial charge < -0.3 is 15.5 Å². The van der Waals surface area contributed by atoms with Crippen molar-refractivity contribution in [1.82, 2.24) is 20.5 Å². The zero-order chi connectivity index (χ0) is 17.8. The van der Waals surface area contributed by atoms with Gasteiger partial charge in [-0.1, -0.05) is 0 Å². The van der Waals surface area contributed by atoms with Crippen molar-refractivity contribution in [3.8, 4) is 0 Å². The van der Waals surface area contributed by atoms with Crippen LogP contribution in [0.3, 0.4) is 0 Å². The Balaban J connectivity index is 1.30. The summed E-state index contributed by atoms with van der Waals surface area (Å²) in [5.74, 6) is 1.67. The number of carbonyl (C=O) groups excluding carboxylic acids is 1. The van der Waals surface area contributed by atoms with Gasteiger partial charge in [0.15, 0.2) is 5.82 Å². The van der Waals surface area contributed by atoms with E-state index in [1.54, 1.807) is 18.5 Å². The molecule has 2 aliphatic rings. The maximum atomic E-state index is 12.6. The molecule has 3 heterocycles. The predicted molar refractivity (Wildman–Crippen MR) is 100 cm³/mol. The van der Waals surface area contributed by atoms with Crippen molar-refractivity contribution in [1.29, 1.82) is 0 Å². The fraction of sp³-hybridized carbons (Fsp3) is 0.474. The molecule has 1 saturated carbocycles. The summed E-state index contributed by atoms with van der Waals surface area (Å²) in [6.45, 7) is 1.74. The number of carbonyl (C=O) groups is 1. The molecule has 0 bridgehead atoms. The van der Waals surface area contributed by atoms with Gasteiger partial charge in [-0.15, -0.1) is 5.10 Å². The van der Waals surface area contributed by atoms with Gasteiger partial charge in [0, 0.05) is 43.1 Å². The largest absolute Gasteiger partial charge is 0.367 e. The molecular weight excluding hydrogens is 328 g/mol. The molecule has 2 N–H and O–H groups in total. The molecule has 0 atom stereocenters. The van der Waals surface area contributed by atoms with Gasteiger partial charge in [0.2, 0.25) is 0 Å². The summed E-state index contributed by atoms with van der Waals surface area (Å²) in [7, 11) is 0. The second-order valence-corrected chi connectivity index (χ2v) is 7.02. The quantitative estimate of drug-likeness (QED) is 0.859. The molecule has 136 valence electrons. The molecule has 0 aromatic carbocycles. The minimum absolute atomic E-state index is 0.0259. The first-order chi connectivity index (χ1) is 12.8. The summed E-state index contributed by atoms with van der Waals surface area (Å²) in [4.78, 5) is 19.1. The standard InChI is InChI=1S/C19H24N6O/c26-19(14-6-10-20-17(13-14)22-15-3-1-4-15)23-16-7-11-25(12-8-16)18-5-2-9-21-24-18/h2,5-6,9-10,13,15-16H,1,3-4,7-8,11-12H2,(H,20,22)(H,23,26). The van der Waals surface area contributed by atoms with E-state index in [1.807, 2.05) is 18.2 Å². The maximum absolute atomic E-state index is 12.6. The van der Waals surface area contributed by atoms with Crippen molar-refractivity contribution in [3.63, 3.8) is 0 Å². The normalized spacial score (nSPS) is 18.2. The number of piperidine rings is 1. The smallest absolute Gasteiger partial charge is 0.251 e. The zero-order valence-corrected chi connectivity index (χ0v) is 14.8. The molecule has 26 heavy (non-hydrogen) atoms. The van der Waals surface area contributed by atoms with Crippen molar-refractivity contribution >= 4 is 17.5 Å². The Bertz CT molecular complexity index is 741. The van der Waals surface area contributed by atoms with Crippen LogP contribution >= 0.6 is 0 Å². The van der Waals surface area contributed by atoms with E-state index in [-0.39, 0.29) is 11.9 Å². The minimum Gasteiger partial charge on any atom is -0.367 e. The SMILES string of the molecule is O=C(NC1CCN(c2cccnn2)CC1)c1ccnc(NC2CCC2)c1. The van der Waals surface area contributed by atoms with E-state index in [1.165, 1.54) is 19.3 Å². The average Bonchev–Trinajstić information content (AvgIpc) is 2.66. The van der Waals surface area contributed by atoms with Gasteiger partial charge in [-0.3, -0.25) is 4.79 Å². The van der Waals surface area contributed by atoms with Crippen LogP contribution in [0.15, 0.2) is 36.7 Å². The van der Waals surface area contributed by atoms with Crippen molar-refractivity contribution in [2.45, 2.75) is 44.2 Å². The number of hydrogen-bond acceptors (Lipinski definition) is 6. The lowest BCUT2D eigenvalue weighted by Crippen LogP contribution is -2.45. The van der Waals surface area contributed by atoms with Crippen LogP contribution in [0.4, 0.5) is 11.6 Å². The van der Waals surface area contributed by atoms with E-state index in [4.69, 9.17) is 0 Å². The molecule has 0 spiro atoms. The lowest BCUT2D eigenvalue weighted by molar-refractivity contribution is 0.0931. The van der Waals surface area contributed by atoms with Crippen LogP contribution in [-0.2, 0) is 0 Å². The average molecular weight is 352 g/mol. The molecule has 4 rings (SSSR count). The Morgan fingerprint density at radius 2 is 1.92 bits per heavy atom. The Hall–Kier alpha value is -2.70. The van der Waals surface area contributed by atoms with Crippen LogP contribution in [0, 0.1) is 0 Å². The molecule has 7 nitrogen and oxygen atoms in total. The summed E-state index contributed by atoms with van der Waals surface area (Å²) in [5, 5.41) is 14.6. The van der Waals surface area contributed by atoms with Crippen molar-refractivity contribution in [3.05, 3.63) is 42.2 Å². The number of nitrogens with one attached hydrogen (secondary N) is 2. The monoisotopic (exact) mass is 352 g/mol. The van der Waals surface area contributed by atoms with E-state index in [2.05, 4.69) is 30.7 Å². The van der Waals surface area contributed by atoms with Crippen molar-refractivity contribution in [2.24, 2.45) is 0 Å². The third kappa shape index (κ3) is 3.92. The van der Waals surface area contributed by atoms with Gasteiger partial charge in [-0.2, -0.15) is 5.10 Å².